The lowest BCUT2D eigenvalue weighted by atomic mass is 10.1. The molecule has 8 nitrogen and oxygen atoms in total. The van der Waals surface area contributed by atoms with E-state index in [1.165, 1.54) is 17.6 Å². The molecule has 1 aromatic carbocycles. The molecular weight excluding hydrogens is 430 g/mol. The second-order valence-corrected chi connectivity index (χ2v) is 8.19. The lowest BCUT2D eigenvalue weighted by Crippen LogP contribution is -2.42. The molecular formula is C23H25N3O5S. The third kappa shape index (κ3) is 5.47. The van der Waals surface area contributed by atoms with Crippen molar-refractivity contribution in [2.24, 2.45) is 0 Å². The highest BCUT2D eigenvalue weighted by atomic mass is 32.1. The molecule has 2 amide bonds. The monoisotopic (exact) mass is 455 g/mol. The van der Waals surface area contributed by atoms with E-state index >= 15 is 0 Å². The number of piperidine rings is 1. The molecule has 9 heteroatoms. The van der Waals surface area contributed by atoms with Crippen LogP contribution < -0.4 is 14.8 Å². The largest absolute Gasteiger partial charge is 0.490 e. The van der Waals surface area contributed by atoms with E-state index in [0.29, 0.717) is 30.5 Å². The number of amides is 2. The molecule has 0 spiro atoms. The van der Waals surface area contributed by atoms with Crippen LogP contribution in [0.3, 0.4) is 0 Å². The first kappa shape index (κ1) is 21.9. The molecule has 0 atom stereocenters. The van der Waals surface area contributed by atoms with Crippen LogP contribution in [0.5, 0.6) is 11.5 Å². The van der Waals surface area contributed by atoms with E-state index in [4.69, 9.17) is 13.9 Å². The number of hydrogen-bond acceptors (Lipinski definition) is 7. The summed E-state index contributed by atoms with van der Waals surface area (Å²) in [6.45, 7) is 3.79. The maximum atomic E-state index is 12.7. The fraction of sp³-hybridized carbons (Fsp3) is 0.348. The van der Waals surface area contributed by atoms with Crippen LogP contribution in [0.25, 0.3) is 0 Å². The van der Waals surface area contributed by atoms with Crippen molar-refractivity contribution in [1.82, 2.24) is 9.88 Å². The number of hydrogen-bond donors (Lipinski definition) is 1. The fourth-order valence-corrected chi connectivity index (χ4v) is 4.21. The Hall–Kier alpha value is -3.33. The maximum Gasteiger partial charge on any atom is 0.293 e. The first-order valence-electron chi connectivity index (χ1n) is 10.6. The van der Waals surface area contributed by atoms with Gasteiger partial charge in [-0.3, -0.25) is 14.9 Å². The quantitative estimate of drug-likeness (QED) is 0.552. The Labute approximate surface area is 190 Å². The van der Waals surface area contributed by atoms with E-state index in [9.17, 15) is 9.59 Å². The number of rotatable bonds is 8. The number of carbonyl (C=O) groups excluding carboxylic acids is 2. The summed E-state index contributed by atoms with van der Waals surface area (Å²) in [7, 11) is 0. The Bertz CT molecular complexity index is 1040. The number of aromatic nitrogens is 1. The van der Waals surface area contributed by atoms with Gasteiger partial charge in [0.25, 0.3) is 5.91 Å². The molecule has 1 fully saturated rings. The number of thiazole rings is 1. The molecule has 1 N–H and O–H groups in total. The van der Waals surface area contributed by atoms with Crippen molar-refractivity contribution in [2.75, 3.05) is 25.0 Å². The van der Waals surface area contributed by atoms with Crippen LogP contribution >= 0.6 is 11.3 Å². The number of furan rings is 1. The number of anilines is 1. The molecule has 1 aliphatic rings. The summed E-state index contributed by atoms with van der Waals surface area (Å²) in [4.78, 5) is 31.0. The minimum atomic E-state index is -0.366. The number of para-hydroxylation sites is 2. The van der Waals surface area contributed by atoms with Crippen molar-refractivity contribution >= 4 is 28.3 Å². The Balaban J connectivity index is 1.25. The zero-order valence-corrected chi connectivity index (χ0v) is 18.6. The zero-order valence-electron chi connectivity index (χ0n) is 17.8. The van der Waals surface area contributed by atoms with Gasteiger partial charge in [0, 0.05) is 31.3 Å². The van der Waals surface area contributed by atoms with E-state index < -0.39 is 0 Å². The van der Waals surface area contributed by atoms with E-state index in [0.717, 1.165) is 24.3 Å². The summed E-state index contributed by atoms with van der Waals surface area (Å²) in [5.41, 5.74) is 0.638. The van der Waals surface area contributed by atoms with Crippen LogP contribution in [-0.2, 0) is 11.2 Å². The van der Waals surface area contributed by atoms with E-state index in [1.54, 1.807) is 17.5 Å². The molecule has 1 saturated heterocycles. The number of ether oxygens (including phenoxy) is 2. The minimum Gasteiger partial charge on any atom is -0.490 e. The van der Waals surface area contributed by atoms with Gasteiger partial charge < -0.3 is 18.8 Å². The molecule has 0 unspecified atom stereocenters. The minimum absolute atomic E-state index is 0.0207. The van der Waals surface area contributed by atoms with Crippen molar-refractivity contribution in [1.29, 1.82) is 0 Å². The molecule has 0 bridgehead atoms. The van der Waals surface area contributed by atoms with Crippen LogP contribution in [-0.4, -0.2) is 47.5 Å². The molecule has 32 heavy (non-hydrogen) atoms. The van der Waals surface area contributed by atoms with Crippen LogP contribution in [0.2, 0.25) is 0 Å². The van der Waals surface area contributed by atoms with Gasteiger partial charge in [-0.15, -0.1) is 11.3 Å². The smallest absolute Gasteiger partial charge is 0.293 e. The summed E-state index contributed by atoms with van der Waals surface area (Å²) in [6.07, 6.45) is 3.20. The summed E-state index contributed by atoms with van der Waals surface area (Å²) < 4.78 is 16.8. The van der Waals surface area contributed by atoms with Crippen molar-refractivity contribution in [2.45, 2.75) is 32.3 Å². The number of carbonyl (C=O) groups is 2. The number of nitrogens with one attached hydrogen (secondary N) is 1. The summed E-state index contributed by atoms with van der Waals surface area (Å²) >= 11 is 1.28. The highest BCUT2D eigenvalue weighted by Crippen LogP contribution is 2.29. The highest BCUT2D eigenvalue weighted by Gasteiger charge is 2.25. The van der Waals surface area contributed by atoms with Gasteiger partial charge >= 0.3 is 0 Å². The van der Waals surface area contributed by atoms with Gasteiger partial charge in [-0.2, -0.15) is 0 Å². The van der Waals surface area contributed by atoms with Crippen molar-refractivity contribution in [3.63, 3.8) is 0 Å². The van der Waals surface area contributed by atoms with Gasteiger partial charge in [0.15, 0.2) is 22.4 Å². The molecule has 3 heterocycles. The summed E-state index contributed by atoms with van der Waals surface area (Å²) in [5.74, 6) is 1.35. The van der Waals surface area contributed by atoms with Crippen molar-refractivity contribution < 1.29 is 23.5 Å². The van der Waals surface area contributed by atoms with Crippen LogP contribution in [0.15, 0.2) is 52.5 Å². The number of benzene rings is 1. The Morgan fingerprint density at radius 3 is 2.69 bits per heavy atom. The lowest BCUT2D eigenvalue weighted by molar-refractivity contribution is -0.132. The van der Waals surface area contributed by atoms with E-state index in [1.807, 2.05) is 36.1 Å². The number of likely N-dealkylation sites (tertiary alicyclic amines) is 1. The second-order valence-electron chi connectivity index (χ2n) is 7.33. The third-order valence-corrected chi connectivity index (χ3v) is 5.89. The standard InChI is InChI=1S/C23H25N3O5S/c1-2-29-18-6-3-4-7-19(18)31-17-9-11-26(12-10-17)21(27)14-16-15-32-23(24-16)25-22(28)20-8-5-13-30-20/h3-8,13,15,17H,2,9-12,14H2,1H3,(H,24,25,28). The molecule has 168 valence electrons. The topological polar surface area (TPSA) is 93.9 Å². The molecule has 4 rings (SSSR count). The first-order valence-corrected chi connectivity index (χ1v) is 11.5. The van der Waals surface area contributed by atoms with Crippen LogP contribution in [0, 0.1) is 0 Å². The Kier molecular flexibility index (Phi) is 7.06. The van der Waals surface area contributed by atoms with Crippen LogP contribution in [0.1, 0.15) is 36.0 Å². The van der Waals surface area contributed by atoms with Gasteiger partial charge in [-0.05, 0) is 31.2 Å². The van der Waals surface area contributed by atoms with Gasteiger partial charge in [0.1, 0.15) is 6.10 Å². The second kappa shape index (κ2) is 10.3. The maximum absolute atomic E-state index is 12.7. The van der Waals surface area contributed by atoms with Crippen molar-refractivity contribution in [3.8, 4) is 11.5 Å². The summed E-state index contributed by atoms with van der Waals surface area (Å²) in [6, 6.07) is 10.9. The van der Waals surface area contributed by atoms with Crippen LogP contribution in [0.4, 0.5) is 5.13 Å². The molecule has 0 radical (unpaired) electrons. The van der Waals surface area contributed by atoms with Gasteiger partial charge in [0.05, 0.1) is 25.0 Å². The molecule has 0 aliphatic carbocycles. The van der Waals surface area contributed by atoms with Crippen molar-refractivity contribution in [3.05, 3.63) is 59.5 Å². The molecule has 1 aliphatic heterocycles. The first-order chi connectivity index (χ1) is 15.6. The number of nitrogens with zero attached hydrogens (tertiary/aromatic N) is 2. The van der Waals surface area contributed by atoms with Gasteiger partial charge in [-0.1, -0.05) is 12.1 Å². The normalized spacial score (nSPS) is 14.2. The summed E-state index contributed by atoms with van der Waals surface area (Å²) in [5, 5.41) is 4.91. The van der Waals surface area contributed by atoms with E-state index in [2.05, 4.69) is 10.3 Å². The Morgan fingerprint density at radius 2 is 1.97 bits per heavy atom. The average molecular weight is 456 g/mol. The highest BCUT2D eigenvalue weighted by molar-refractivity contribution is 7.14. The van der Waals surface area contributed by atoms with Gasteiger partial charge in [0.2, 0.25) is 5.91 Å². The molecule has 0 saturated carbocycles. The zero-order chi connectivity index (χ0) is 22.3. The third-order valence-electron chi connectivity index (χ3n) is 5.09. The van der Waals surface area contributed by atoms with E-state index in [-0.39, 0.29) is 30.1 Å². The SMILES string of the molecule is CCOc1ccccc1OC1CCN(C(=O)Cc2csc(NC(=O)c3ccco3)n2)CC1. The van der Waals surface area contributed by atoms with Gasteiger partial charge in [-0.25, -0.2) is 4.98 Å². The molecule has 2 aromatic heterocycles. The average Bonchev–Trinajstić information content (AvgIpc) is 3.48. The predicted molar refractivity (Wildman–Crippen MR) is 120 cm³/mol. The Morgan fingerprint density at radius 1 is 1.19 bits per heavy atom. The fourth-order valence-electron chi connectivity index (χ4n) is 3.50. The molecule has 3 aromatic rings. The lowest BCUT2D eigenvalue weighted by Gasteiger charge is -2.32. The predicted octanol–water partition coefficient (Wildman–Crippen LogP) is 4.00.